The minimum Gasteiger partial charge on any atom is -0.379 e. The smallest absolute Gasteiger partial charge is 0.125 e. The maximum Gasteiger partial charge on any atom is 0.125 e. The van der Waals surface area contributed by atoms with Crippen molar-refractivity contribution in [2.75, 3.05) is 5.32 Å². The predicted octanol–water partition coefficient (Wildman–Crippen LogP) is 5.92. The maximum absolute atomic E-state index is 13.1. The summed E-state index contributed by atoms with van der Waals surface area (Å²) >= 11 is 12.8. The lowest BCUT2D eigenvalue weighted by atomic mass is 10.1. The molecule has 0 atom stereocenters. The summed E-state index contributed by atoms with van der Waals surface area (Å²) in [4.78, 5) is 0. The Bertz CT molecular complexity index is 593. The molecule has 0 saturated carbocycles. The topological polar surface area (TPSA) is 12.0 Å². The van der Waals surface area contributed by atoms with Gasteiger partial charge in [-0.25, -0.2) is 4.39 Å². The molecule has 2 aromatic rings. The van der Waals surface area contributed by atoms with Crippen molar-refractivity contribution in [3.05, 3.63) is 61.2 Å². The molecule has 100 valence electrons. The van der Waals surface area contributed by atoms with E-state index in [0.717, 1.165) is 10.0 Å². The van der Waals surface area contributed by atoms with E-state index in [0.29, 0.717) is 21.7 Å². The molecule has 1 nitrogen and oxygen atoms in total. The maximum atomic E-state index is 13.1. The van der Waals surface area contributed by atoms with Crippen molar-refractivity contribution in [3.63, 3.8) is 0 Å². The molecular weight excluding hydrogens is 396 g/mol. The van der Waals surface area contributed by atoms with Gasteiger partial charge in [0.05, 0.1) is 10.7 Å². The van der Waals surface area contributed by atoms with E-state index < -0.39 is 0 Å². The van der Waals surface area contributed by atoms with Crippen LogP contribution in [0.2, 0.25) is 5.02 Å². The van der Waals surface area contributed by atoms with Crippen LogP contribution in [0.4, 0.5) is 10.1 Å². The van der Waals surface area contributed by atoms with Gasteiger partial charge in [-0.2, -0.15) is 0 Å². The molecule has 1 N–H and O–H groups in total. The predicted molar refractivity (Wildman–Crippen MR) is 85.3 cm³/mol. The molecule has 0 saturated heterocycles. The molecule has 19 heavy (non-hydrogen) atoms. The first-order valence-electron chi connectivity index (χ1n) is 5.61. The molecule has 0 spiro atoms. The molecule has 0 radical (unpaired) electrons. The van der Waals surface area contributed by atoms with Gasteiger partial charge in [0.2, 0.25) is 0 Å². The van der Waals surface area contributed by atoms with E-state index in [2.05, 4.69) is 43.2 Å². The van der Waals surface area contributed by atoms with E-state index >= 15 is 0 Å². The second-order valence-electron chi connectivity index (χ2n) is 4.19. The summed E-state index contributed by atoms with van der Waals surface area (Å²) in [5, 5.41) is 3.57. The SMILES string of the molecule is Cc1ccc(CNc2c(Cl)cc(F)cc2Br)c(Br)c1. The Labute approximate surface area is 133 Å². The molecule has 5 heteroatoms. The molecule has 0 fully saturated rings. The van der Waals surface area contributed by atoms with Crippen LogP contribution in [-0.2, 0) is 6.54 Å². The Morgan fingerprint density at radius 3 is 2.53 bits per heavy atom. The summed E-state index contributed by atoms with van der Waals surface area (Å²) in [6.07, 6.45) is 0. The Hall–Kier alpha value is -0.580. The number of halogens is 4. The van der Waals surface area contributed by atoms with Crippen molar-refractivity contribution < 1.29 is 4.39 Å². The summed E-state index contributed by atoms with van der Waals surface area (Å²) in [5.74, 6) is -0.362. The fourth-order valence-corrected chi connectivity index (χ4v) is 3.28. The Balaban J connectivity index is 2.19. The van der Waals surface area contributed by atoms with Gasteiger partial charge in [0, 0.05) is 15.5 Å². The number of rotatable bonds is 3. The highest BCUT2D eigenvalue weighted by molar-refractivity contribution is 9.11. The standard InChI is InChI=1S/C14H11Br2ClFN/c1-8-2-3-9(11(15)4-8)7-19-14-12(16)5-10(18)6-13(14)17/h2-6,19H,7H2,1H3. The van der Waals surface area contributed by atoms with E-state index in [4.69, 9.17) is 11.6 Å². The molecule has 0 amide bonds. The highest BCUT2D eigenvalue weighted by Gasteiger charge is 2.08. The first-order valence-corrected chi connectivity index (χ1v) is 7.57. The quantitative estimate of drug-likeness (QED) is 0.665. The average Bonchev–Trinajstić information content (AvgIpc) is 2.30. The highest BCUT2D eigenvalue weighted by atomic mass is 79.9. The minimum absolute atomic E-state index is 0.357. The van der Waals surface area contributed by atoms with Gasteiger partial charge in [-0.3, -0.25) is 0 Å². The number of anilines is 1. The van der Waals surface area contributed by atoms with Crippen LogP contribution in [0.25, 0.3) is 0 Å². The van der Waals surface area contributed by atoms with Gasteiger partial charge in [0.1, 0.15) is 5.82 Å². The van der Waals surface area contributed by atoms with E-state index in [9.17, 15) is 4.39 Å². The zero-order valence-corrected chi connectivity index (χ0v) is 14.0. The van der Waals surface area contributed by atoms with Crippen molar-refractivity contribution in [3.8, 4) is 0 Å². The molecule has 0 aromatic heterocycles. The lowest BCUT2D eigenvalue weighted by Gasteiger charge is -2.12. The lowest BCUT2D eigenvalue weighted by molar-refractivity contribution is 0.627. The van der Waals surface area contributed by atoms with Gasteiger partial charge in [-0.15, -0.1) is 0 Å². The van der Waals surface area contributed by atoms with Crippen LogP contribution in [0.15, 0.2) is 39.3 Å². The van der Waals surface area contributed by atoms with Crippen molar-refractivity contribution in [2.45, 2.75) is 13.5 Å². The third kappa shape index (κ3) is 3.71. The average molecular weight is 408 g/mol. The number of hydrogen-bond acceptors (Lipinski definition) is 1. The van der Waals surface area contributed by atoms with Gasteiger partial charge >= 0.3 is 0 Å². The first kappa shape index (κ1) is 14.8. The van der Waals surface area contributed by atoms with Crippen LogP contribution >= 0.6 is 43.5 Å². The number of hydrogen-bond donors (Lipinski definition) is 1. The molecular formula is C14H11Br2ClFN. The van der Waals surface area contributed by atoms with E-state index in [-0.39, 0.29) is 5.82 Å². The van der Waals surface area contributed by atoms with Crippen LogP contribution in [0.1, 0.15) is 11.1 Å². The molecule has 0 aliphatic rings. The monoisotopic (exact) mass is 405 g/mol. The highest BCUT2D eigenvalue weighted by Crippen LogP contribution is 2.32. The molecule has 0 heterocycles. The fraction of sp³-hybridized carbons (Fsp3) is 0.143. The van der Waals surface area contributed by atoms with Gasteiger partial charge in [-0.1, -0.05) is 39.7 Å². The van der Waals surface area contributed by atoms with Crippen molar-refractivity contribution in [1.82, 2.24) is 0 Å². The van der Waals surface area contributed by atoms with Crippen LogP contribution in [-0.4, -0.2) is 0 Å². The summed E-state index contributed by atoms with van der Waals surface area (Å²) in [7, 11) is 0. The van der Waals surface area contributed by atoms with Gasteiger partial charge < -0.3 is 5.32 Å². The molecule has 2 rings (SSSR count). The van der Waals surface area contributed by atoms with Crippen LogP contribution in [0.5, 0.6) is 0 Å². The van der Waals surface area contributed by atoms with Gasteiger partial charge in [0.15, 0.2) is 0 Å². The lowest BCUT2D eigenvalue weighted by Crippen LogP contribution is -2.02. The third-order valence-electron chi connectivity index (χ3n) is 2.67. The van der Waals surface area contributed by atoms with Crippen molar-refractivity contribution in [2.24, 2.45) is 0 Å². The molecule has 0 aliphatic heterocycles. The molecule has 0 unspecified atom stereocenters. The van der Waals surface area contributed by atoms with Crippen LogP contribution in [0.3, 0.4) is 0 Å². The zero-order valence-electron chi connectivity index (χ0n) is 10.1. The molecule has 0 bridgehead atoms. The molecule has 2 aromatic carbocycles. The van der Waals surface area contributed by atoms with Crippen molar-refractivity contribution in [1.29, 1.82) is 0 Å². The van der Waals surface area contributed by atoms with E-state index in [1.807, 2.05) is 19.1 Å². The number of aryl methyl sites for hydroxylation is 1. The summed E-state index contributed by atoms with van der Waals surface area (Å²) in [6.45, 7) is 2.64. The second kappa shape index (κ2) is 6.25. The van der Waals surface area contributed by atoms with Crippen molar-refractivity contribution >= 4 is 49.1 Å². The van der Waals surface area contributed by atoms with E-state index in [1.54, 1.807) is 0 Å². The largest absolute Gasteiger partial charge is 0.379 e. The molecule has 0 aliphatic carbocycles. The summed E-state index contributed by atoms with van der Waals surface area (Å²) in [6, 6.07) is 8.82. The summed E-state index contributed by atoms with van der Waals surface area (Å²) in [5.41, 5.74) is 2.99. The Kier molecular flexibility index (Phi) is 4.87. The second-order valence-corrected chi connectivity index (χ2v) is 6.31. The normalized spacial score (nSPS) is 10.6. The van der Waals surface area contributed by atoms with Crippen LogP contribution < -0.4 is 5.32 Å². The van der Waals surface area contributed by atoms with Gasteiger partial charge in [0.25, 0.3) is 0 Å². The third-order valence-corrected chi connectivity index (χ3v) is 4.33. The van der Waals surface area contributed by atoms with Gasteiger partial charge in [-0.05, 0) is 52.2 Å². The number of benzene rings is 2. The fourth-order valence-electron chi connectivity index (χ4n) is 1.69. The Morgan fingerprint density at radius 1 is 1.16 bits per heavy atom. The van der Waals surface area contributed by atoms with E-state index in [1.165, 1.54) is 17.7 Å². The van der Waals surface area contributed by atoms with Crippen LogP contribution in [0, 0.1) is 12.7 Å². The zero-order chi connectivity index (χ0) is 14.0. The Morgan fingerprint density at radius 2 is 1.89 bits per heavy atom. The first-order chi connectivity index (χ1) is 8.97. The minimum atomic E-state index is -0.362. The number of nitrogens with one attached hydrogen (secondary N) is 1. The summed E-state index contributed by atoms with van der Waals surface area (Å²) < 4.78 is 14.8.